The molecule has 3 nitrogen and oxygen atoms in total. The summed E-state index contributed by atoms with van der Waals surface area (Å²) < 4.78 is 23.1. The zero-order valence-corrected chi connectivity index (χ0v) is 8.87. The molecule has 0 aliphatic rings. The largest absolute Gasteiger partial charge is 0.467 e. The molecule has 0 aliphatic carbocycles. The van der Waals surface area contributed by atoms with E-state index < -0.39 is 11.9 Å². The molecule has 1 aromatic carbocycles. The topological polar surface area (TPSA) is 38.7 Å². The van der Waals surface area contributed by atoms with Crippen LogP contribution in [0.3, 0.4) is 0 Å². The van der Waals surface area contributed by atoms with Gasteiger partial charge in [-0.25, -0.2) is 4.39 Å². The van der Waals surface area contributed by atoms with Gasteiger partial charge in [0.2, 0.25) is 0 Å². The zero-order chi connectivity index (χ0) is 11.3. The smallest absolute Gasteiger partial charge is 0.189 e. The Bertz CT molecular complexity index is 313. The van der Waals surface area contributed by atoms with Crippen LogP contribution in [0, 0.1) is 5.82 Å². The third-order valence-corrected chi connectivity index (χ3v) is 1.92. The lowest BCUT2D eigenvalue weighted by molar-refractivity contribution is 0.0204. The van der Waals surface area contributed by atoms with E-state index in [-0.39, 0.29) is 6.79 Å². The second-order valence-electron chi connectivity index (χ2n) is 3.11. The molecule has 0 aliphatic heterocycles. The van der Waals surface area contributed by atoms with Crippen LogP contribution in [0.2, 0.25) is 0 Å². The summed E-state index contributed by atoms with van der Waals surface area (Å²) in [7, 11) is 0. The molecule has 0 fully saturated rings. The molecule has 0 heterocycles. The molecular formula is C11H15FO3. The molecule has 0 amide bonds. The van der Waals surface area contributed by atoms with Crippen LogP contribution in [0.1, 0.15) is 25.5 Å². The maximum absolute atomic E-state index is 12.9. The Hall–Kier alpha value is -1.13. The summed E-state index contributed by atoms with van der Waals surface area (Å²) in [5.41, 5.74) is 0.426. The molecule has 84 valence electrons. The first-order chi connectivity index (χ1) is 7.15. The molecule has 0 bridgehead atoms. The molecule has 0 saturated carbocycles. The Morgan fingerprint density at radius 2 is 2.20 bits per heavy atom. The highest BCUT2D eigenvalue weighted by Crippen LogP contribution is 2.25. The van der Waals surface area contributed by atoms with Crippen molar-refractivity contribution in [2.75, 3.05) is 13.4 Å². The van der Waals surface area contributed by atoms with Crippen LogP contribution in [-0.4, -0.2) is 18.5 Å². The van der Waals surface area contributed by atoms with Crippen LogP contribution >= 0.6 is 0 Å². The van der Waals surface area contributed by atoms with E-state index in [0.717, 1.165) is 0 Å². The van der Waals surface area contributed by atoms with Crippen LogP contribution in [-0.2, 0) is 4.74 Å². The Morgan fingerprint density at radius 1 is 1.47 bits per heavy atom. The van der Waals surface area contributed by atoms with Gasteiger partial charge in [0.1, 0.15) is 11.6 Å². The molecule has 0 aromatic heterocycles. The van der Waals surface area contributed by atoms with Gasteiger partial charge >= 0.3 is 0 Å². The van der Waals surface area contributed by atoms with Gasteiger partial charge in [-0.05, 0) is 32.0 Å². The van der Waals surface area contributed by atoms with Crippen LogP contribution in [0.4, 0.5) is 4.39 Å². The number of aliphatic hydroxyl groups is 1. The second kappa shape index (κ2) is 5.68. The molecule has 0 radical (unpaired) electrons. The van der Waals surface area contributed by atoms with Crippen molar-refractivity contribution in [2.45, 2.75) is 20.0 Å². The van der Waals surface area contributed by atoms with Crippen molar-refractivity contribution in [1.82, 2.24) is 0 Å². The third-order valence-electron chi connectivity index (χ3n) is 1.92. The van der Waals surface area contributed by atoms with Gasteiger partial charge in [-0.2, -0.15) is 0 Å². The standard InChI is InChI=1S/C11H15FO3/c1-3-14-7-15-11-5-4-9(12)6-10(11)8(2)13/h4-6,8,13H,3,7H2,1-2H3/t8-/m1/s1. The van der Waals surface area contributed by atoms with E-state index in [2.05, 4.69) is 0 Å². The number of ether oxygens (including phenoxy) is 2. The minimum absolute atomic E-state index is 0.0991. The number of hydrogen-bond acceptors (Lipinski definition) is 3. The molecule has 1 atom stereocenters. The number of benzene rings is 1. The molecule has 1 N–H and O–H groups in total. The normalized spacial score (nSPS) is 12.5. The van der Waals surface area contributed by atoms with Crippen molar-refractivity contribution >= 4 is 0 Å². The zero-order valence-electron chi connectivity index (χ0n) is 8.87. The summed E-state index contributed by atoms with van der Waals surface area (Å²) in [5.74, 6) is 0.0505. The van der Waals surface area contributed by atoms with Crippen LogP contribution in [0.25, 0.3) is 0 Å². The van der Waals surface area contributed by atoms with Crippen molar-refractivity contribution in [3.63, 3.8) is 0 Å². The highest BCUT2D eigenvalue weighted by atomic mass is 19.1. The average Bonchev–Trinajstić information content (AvgIpc) is 2.20. The van der Waals surface area contributed by atoms with Gasteiger partial charge in [0, 0.05) is 12.2 Å². The summed E-state index contributed by atoms with van der Waals surface area (Å²) in [5, 5.41) is 9.40. The van der Waals surface area contributed by atoms with E-state index in [1.54, 1.807) is 6.92 Å². The fourth-order valence-corrected chi connectivity index (χ4v) is 1.17. The van der Waals surface area contributed by atoms with E-state index >= 15 is 0 Å². The number of hydrogen-bond donors (Lipinski definition) is 1. The van der Waals surface area contributed by atoms with Crippen LogP contribution < -0.4 is 4.74 Å². The highest BCUT2D eigenvalue weighted by molar-refractivity contribution is 5.35. The summed E-state index contributed by atoms with van der Waals surface area (Å²) in [4.78, 5) is 0. The van der Waals surface area contributed by atoms with Crippen LogP contribution in [0.15, 0.2) is 18.2 Å². The molecular weight excluding hydrogens is 199 g/mol. The summed E-state index contributed by atoms with van der Waals surface area (Å²) >= 11 is 0. The van der Waals surface area contributed by atoms with Crippen molar-refractivity contribution in [3.05, 3.63) is 29.6 Å². The Balaban J connectivity index is 2.77. The lowest BCUT2D eigenvalue weighted by Crippen LogP contribution is -2.05. The van der Waals surface area contributed by atoms with E-state index in [4.69, 9.17) is 9.47 Å². The van der Waals surface area contributed by atoms with Gasteiger partial charge in [-0.1, -0.05) is 0 Å². The van der Waals surface area contributed by atoms with Crippen molar-refractivity contribution < 1.29 is 19.0 Å². The molecule has 0 saturated heterocycles. The predicted octanol–water partition coefficient (Wildman–Crippen LogP) is 2.25. The van der Waals surface area contributed by atoms with Gasteiger partial charge in [0.05, 0.1) is 6.10 Å². The third kappa shape index (κ3) is 3.49. The highest BCUT2D eigenvalue weighted by Gasteiger charge is 2.10. The number of rotatable bonds is 5. The average molecular weight is 214 g/mol. The van der Waals surface area contributed by atoms with Crippen molar-refractivity contribution in [1.29, 1.82) is 0 Å². The lowest BCUT2D eigenvalue weighted by Gasteiger charge is -2.13. The van der Waals surface area contributed by atoms with Crippen LogP contribution in [0.5, 0.6) is 5.75 Å². The molecule has 0 spiro atoms. The van der Waals surface area contributed by atoms with E-state index in [9.17, 15) is 9.50 Å². The first kappa shape index (κ1) is 11.9. The van der Waals surface area contributed by atoms with E-state index in [1.165, 1.54) is 18.2 Å². The SMILES string of the molecule is CCOCOc1ccc(F)cc1[C@@H](C)O. The number of halogens is 1. The fraction of sp³-hybridized carbons (Fsp3) is 0.455. The van der Waals surface area contributed by atoms with Crippen molar-refractivity contribution in [2.24, 2.45) is 0 Å². The fourth-order valence-electron chi connectivity index (χ4n) is 1.17. The molecule has 15 heavy (non-hydrogen) atoms. The van der Waals surface area contributed by atoms with Gasteiger partial charge in [0.25, 0.3) is 0 Å². The van der Waals surface area contributed by atoms with Gasteiger partial charge in [-0.15, -0.1) is 0 Å². The summed E-state index contributed by atoms with van der Waals surface area (Å²) in [6.07, 6.45) is -0.766. The van der Waals surface area contributed by atoms with Crippen molar-refractivity contribution in [3.8, 4) is 5.75 Å². The van der Waals surface area contributed by atoms with Gasteiger partial charge in [0.15, 0.2) is 6.79 Å². The van der Waals surface area contributed by atoms with Gasteiger partial charge in [-0.3, -0.25) is 0 Å². The Kier molecular flexibility index (Phi) is 4.52. The Labute approximate surface area is 88.4 Å². The minimum atomic E-state index is -0.766. The minimum Gasteiger partial charge on any atom is -0.467 e. The predicted molar refractivity (Wildman–Crippen MR) is 54.2 cm³/mol. The first-order valence-electron chi connectivity index (χ1n) is 4.83. The molecule has 1 rings (SSSR count). The monoisotopic (exact) mass is 214 g/mol. The Morgan fingerprint density at radius 3 is 2.80 bits per heavy atom. The maximum atomic E-state index is 12.9. The van der Waals surface area contributed by atoms with Gasteiger partial charge < -0.3 is 14.6 Å². The van der Waals surface area contributed by atoms with E-state index in [1.807, 2.05) is 6.92 Å². The second-order valence-corrected chi connectivity index (χ2v) is 3.11. The molecule has 1 aromatic rings. The van der Waals surface area contributed by atoms with E-state index in [0.29, 0.717) is 17.9 Å². The summed E-state index contributed by atoms with van der Waals surface area (Å²) in [6.45, 7) is 4.05. The number of aliphatic hydroxyl groups excluding tert-OH is 1. The first-order valence-corrected chi connectivity index (χ1v) is 4.83. The molecule has 0 unspecified atom stereocenters. The summed E-state index contributed by atoms with van der Waals surface area (Å²) in [6, 6.07) is 4.02. The maximum Gasteiger partial charge on any atom is 0.189 e. The quantitative estimate of drug-likeness (QED) is 0.603. The lowest BCUT2D eigenvalue weighted by atomic mass is 10.1. The molecule has 4 heteroatoms.